The maximum atomic E-state index is 12.3. The van der Waals surface area contributed by atoms with E-state index in [9.17, 15) is 9.59 Å². The summed E-state index contributed by atoms with van der Waals surface area (Å²) < 4.78 is 0. The Morgan fingerprint density at radius 1 is 1.23 bits per heavy atom. The molecule has 2 aromatic rings. The minimum absolute atomic E-state index is 0.0935. The quantitative estimate of drug-likeness (QED) is 0.661. The fraction of sp³-hybridized carbons (Fsp3) is 0.188. The van der Waals surface area contributed by atoms with Gasteiger partial charge in [0, 0.05) is 11.8 Å². The number of nitrogens with one attached hydrogen (secondary N) is 1. The maximum Gasteiger partial charge on any atom is 0.237 e. The van der Waals surface area contributed by atoms with Gasteiger partial charge in [-0.15, -0.1) is 0 Å². The molecule has 0 aliphatic heterocycles. The van der Waals surface area contributed by atoms with Crippen LogP contribution in [0.15, 0.2) is 47.6 Å². The van der Waals surface area contributed by atoms with Crippen LogP contribution in [0.5, 0.6) is 0 Å². The third kappa shape index (κ3) is 4.08. The van der Waals surface area contributed by atoms with Crippen molar-refractivity contribution < 1.29 is 9.59 Å². The molecule has 0 aliphatic carbocycles. The highest BCUT2D eigenvalue weighted by Gasteiger charge is 2.18. The van der Waals surface area contributed by atoms with Gasteiger partial charge in [-0.05, 0) is 38.1 Å². The van der Waals surface area contributed by atoms with Crippen molar-refractivity contribution in [2.24, 2.45) is 0 Å². The van der Waals surface area contributed by atoms with E-state index in [4.69, 9.17) is 11.6 Å². The third-order valence-electron chi connectivity index (χ3n) is 2.95. The van der Waals surface area contributed by atoms with Crippen molar-refractivity contribution in [1.29, 1.82) is 0 Å². The highest BCUT2D eigenvalue weighted by atomic mass is 35.5. The highest BCUT2D eigenvalue weighted by molar-refractivity contribution is 8.00. The molecule has 0 bridgehead atoms. The van der Waals surface area contributed by atoms with Crippen molar-refractivity contribution in [2.45, 2.75) is 24.1 Å². The van der Waals surface area contributed by atoms with Crippen LogP contribution in [-0.2, 0) is 4.79 Å². The number of carbonyl (C=O) groups excluding carboxylic acids is 2. The lowest BCUT2D eigenvalue weighted by Gasteiger charge is -2.13. The standard InChI is InChI=1S/C16H15ClN2O2S/c1-10(20)12-6-3-4-8-14(12)19-15(21)11(2)22-16-13(17)7-5-9-18-16/h3-9,11H,1-2H3,(H,19,21)/t11-/m1/s1. The molecule has 0 radical (unpaired) electrons. The van der Waals surface area contributed by atoms with Gasteiger partial charge in [-0.3, -0.25) is 9.59 Å². The van der Waals surface area contributed by atoms with Crippen LogP contribution in [0.25, 0.3) is 0 Å². The maximum absolute atomic E-state index is 12.3. The number of anilines is 1. The van der Waals surface area contributed by atoms with Gasteiger partial charge >= 0.3 is 0 Å². The molecule has 1 heterocycles. The molecule has 0 unspecified atom stereocenters. The topological polar surface area (TPSA) is 59.1 Å². The number of benzene rings is 1. The summed E-state index contributed by atoms with van der Waals surface area (Å²) in [7, 11) is 0. The van der Waals surface area contributed by atoms with Gasteiger partial charge in [-0.25, -0.2) is 4.98 Å². The van der Waals surface area contributed by atoms with Crippen molar-refractivity contribution in [3.05, 3.63) is 53.2 Å². The van der Waals surface area contributed by atoms with Gasteiger partial charge in [0.25, 0.3) is 0 Å². The molecule has 2 rings (SSSR count). The zero-order chi connectivity index (χ0) is 16.1. The van der Waals surface area contributed by atoms with E-state index < -0.39 is 5.25 Å². The number of aromatic nitrogens is 1. The Hall–Kier alpha value is -1.85. The third-order valence-corrected chi connectivity index (χ3v) is 4.48. The van der Waals surface area contributed by atoms with E-state index in [-0.39, 0.29) is 11.7 Å². The molecule has 1 N–H and O–H groups in total. The molecule has 1 atom stereocenters. The second-order valence-corrected chi connectivity index (χ2v) is 6.38. The van der Waals surface area contributed by atoms with E-state index in [0.29, 0.717) is 21.3 Å². The first-order valence-electron chi connectivity index (χ1n) is 6.67. The Morgan fingerprint density at radius 2 is 1.95 bits per heavy atom. The molecule has 22 heavy (non-hydrogen) atoms. The van der Waals surface area contributed by atoms with Gasteiger partial charge in [-0.2, -0.15) is 0 Å². The largest absolute Gasteiger partial charge is 0.324 e. The summed E-state index contributed by atoms with van der Waals surface area (Å²) in [4.78, 5) is 28.0. The molecule has 0 saturated heterocycles. The second-order valence-electron chi connectivity index (χ2n) is 4.64. The summed E-state index contributed by atoms with van der Waals surface area (Å²) in [5.74, 6) is -0.301. The molecule has 0 spiro atoms. The molecular formula is C16H15ClN2O2S. The molecule has 114 valence electrons. The number of hydrogen-bond donors (Lipinski definition) is 1. The van der Waals surface area contributed by atoms with E-state index >= 15 is 0 Å². The monoisotopic (exact) mass is 334 g/mol. The summed E-state index contributed by atoms with van der Waals surface area (Å²) in [6, 6.07) is 10.4. The van der Waals surface area contributed by atoms with Gasteiger partial charge in [0.2, 0.25) is 5.91 Å². The van der Waals surface area contributed by atoms with E-state index in [1.54, 1.807) is 49.5 Å². The summed E-state index contributed by atoms with van der Waals surface area (Å²) in [5, 5.41) is 3.50. The summed E-state index contributed by atoms with van der Waals surface area (Å²) >= 11 is 7.31. The van der Waals surface area contributed by atoms with E-state index in [1.807, 2.05) is 0 Å². The zero-order valence-corrected chi connectivity index (χ0v) is 13.7. The minimum atomic E-state index is -0.396. The van der Waals surface area contributed by atoms with Crippen molar-refractivity contribution in [2.75, 3.05) is 5.32 Å². The summed E-state index contributed by atoms with van der Waals surface area (Å²) in [6.07, 6.45) is 1.63. The van der Waals surface area contributed by atoms with Crippen molar-refractivity contribution in [3.63, 3.8) is 0 Å². The lowest BCUT2D eigenvalue weighted by atomic mass is 10.1. The first-order chi connectivity index (χ1) is 10.5. The number of para-hydroxylation sites is 1. The molecule has 0 aliphatic rings. The van der Waals surface area contributed by atoms with Crippen LogP contribution < -0.4 is 5.32 Å². The van der Waals surface area contributed by atoms with Crippen LogP contribution in [-0.4, -0.2) is 21.9 Å². The zero-order valence-electron chi connectivity index (χ0n) is 12.2. The molecular weight excluding hydrogens is 320 g/mol. The summed E-state index contributed by atoms with van der Waals surface area (Å²) in [6.45, 7) is 3.23. The number of hydrogen-bond acceptors (Lipinski definition) is 4. The number of carbonyl (C=O) groups is 2. The predicted molar refractivity (Wildman–Crippen MR) is 89.6 cm³/mol. The van der Waals surface area contributed by atoms with Crippen LogP contribution in [0.3, 0.4) is 0 Å². The van der Waals surface area contributed by atoms with E-state index in [2.05, 4.69) is 10.3 Å². The van der Waals surface area contributed by atoms with Crippen LogP contribution in [0.4, 0.5) is 5.69 Å². The van der Waals surface area contributed by atoms with Crippen LogP contribution in [0.2, 0.25) is 5.02 Å². The lowest BCUT2D eigenvalue weighted by Crippen LogP contribution is -2.23. The average molecular weight is 335 g/mol. The number of ketones is 1. The number of halogens is 1. The van der Waals surface area contributed by atoms with Gasteiger partial charge in [-0.1, -0.05) is 35.5 Å². The fourth-order valence-electron chi connectivity index (χ4n) is 1.81. The van der Waals surface area contributed by atoms with Crippen LogP contribution in [0, 0.1) is 0 Å². The number of amides is 1. The molecule has 1 aromatic heterocycles. The predicted octanol–water partition coefficient (Wildman–Crippen LogP) is 4.06. The SMILES string of the molecule is CC(=O)c1ccccc1NC(=O)[C@@H](C)Sc1ncccc1Cl. The van der Waals surface area contributed by atoms with E-state index in [1.165, 1.54) is 18.7 Å². The molecule has 4 nitrogen and oxygen atoms in total. The molecule has 1 amide bonds. The van der Waals surface area contributed by atoms with Crippen LogP contribution >= 0.6 is 23.4 Å². The molecule has 0 fully saturated rings. The van der Waals surface area contributed by atoms with Crippen molar-refractivity contribution in [1.82, 2.24) is 4.98 Å². The number of pyridine rings is 1. The van der Waals surface area contributed by atoms with Gasteiger partial charge in [0.05, 0.1) is 16.0 Å². The number of nitrogens with zero attached hydrogens (tertiary/aromatic N) is 1. The number of rotatable bonds is 5. The Morgan fingerprint density at radius 3 is 2.64 bits per heavy atom. The smallest absolute Gasteiger partial charge is 0.237 e. The molecule has 1 aromatic carbocycles. The Balaban J connectivity index is 2.09. The first kappa shape index (κ1) is 16.5. The average Bonchev–Trinajstić information content (AvgIpc) is 2.49. The Labute approximate surface area is 138 Å². The second kappa shape index (κ2) is 7.42. The highest BCUT2D eigenvalue weighted by Crippen LogP contribution is 2.28. The van der Waals surface area contributed by atoms with Crippen molar-refractivity contribution in [3.8, 4) is 0 Å². The Bertz CT molecular complexity index is 706. The molecule has 0 saturated carbocycles. The van der Waals surface area contributed by atoms with Gasteiger partial charge in [0.1, 0.15) is 5.03 Å². The molecule has 6 heteroatoms. The van der Waals surface area contributed by atoms with E-state index in [0.717, 1.165) is 0 Å². The number of Topliss-reactive ketones (excluding diaryl/α,β-unsaturated/α-hetero) is 1. The van der Waals surface area contributed by atoms with Gasteiger partial charge in [0.15, 0.2) is 5.78 Å². The minimum Gasteiger partial charge on any atom is -0.324 e. The fourth-order valence-corrected chi connectivity index (χ4v) is 2.87. The van der Waals surface area contributed by atoms with Crippen LogP contribution in [0.1, 0.15) is 24.2 Å². The normalized spacial score (nSPS) is 11.8. The van der Waals surface area contributed by atoms with Gasteiger partial charge < -0.3 is 5.32 Å². The number of thioether (sulfide) groups is 1. The Kier molecular flexibility index (Phi) is 5.57. The summed E-state index contributed by atoms with van der Waals surface area (Å²) in [5.41, 5.74) is 1.00. The first-order valence-corrected chi connectivity index (χ1v) is 7.93. The lowest BCUT2D eigenvalue weighted by molar-refractivity contribution is -0.115. The van der Waals surface area contributed by atoms with Crippen molar-refractivity contribution >= 4 is 40.7 Å².